The molecule has 6 heteroatoms. The van der Waals surface area contributed by atoms with Gasteiger partial charge in [0.05, 0.1) is 19.2 Å². The highest BCUT2D eigenvalue weighted by Crippen LogP contribution is 2.23. The van der Waals surface area contributed by atoms with Gasteiger partial charge in [0, 0.05) is 31.2 Å². The molecule has 17 heavy (non-hydrogen) atoms. The topological polar surface area (TPSA) is 56.1 Å². The summed E-state index contributed by atoms with van der Waals surface area (Å²) in [5, 5.41) is 7.50. The molecule has 0 aromatic carbocycles. The molecule has 0 saturated carbocycles. The van der Waals surface area contributed by atoms with Gasteiger partial charge in [0.1, 0.15) is 5.82 Å². The first-order valence-electron chi connectivity index (χ1n) is 5.45. The van der Waals surface area contributed by atoms with Crippen LogP contribution >= 0.6 is 11.8 Å². The molecule has 1 heterocycles. The molecule has 0 aliphatic carbocycles. The maximum absolute atomic E-state index is 11.0. The van der Waals surface area contributed by atoms with E-state index < -0.39 is 0 Å². The van der Waals surface area contributed by atoms with E-state index in [4.69, 9.17) is 0 Å². The van der Waals surface area contributed by atoms with Crippen molar-refractivity contribution in [3.8, 4) is 0 Å². The number of ether oxygens (including phenoxy) is 1. The standard InChI is InChI=1S/C11H19N3O2S/c1-8-9(11(12-2)14(3)13-8)7-17-6-5-10(15)16-4/h12H,5-7H2,1-4H3. The number of hydrogen-bond acceptors (Lipinski definition) is 5. The van der Waals surface area contributed by atoms with Crippen molar-refractivity contribution < 1.29 is 9.53 Å². The first kappa shape index (κ1) is 13.9. The van der Waals surface area contributed by atoms with Crippen LogP contribution in [-0.2, 0) is 22.3 Å². The average Bonchev–Trinajstić information content (AvgIpc) is 2.58. The van der Waals surface area contributed by atoms with Gasteiger partial charge in [-0.05, 0) is 6.92 Å². The summed E-state index contributed by atoms with van der Waals surface area (Å²) < 4.78 is 6.43. The summed E-state index contributed by atoms with van der Waals surface area (Å²) in [5.74, 6) is 2.50. The summed E-state index contributed by atoms with van der Waals surface area (Å²) in [5.41, 5.74) is 2.23. The Hall–Kier alpha value is -1.17. The molecule has 0 unspecified atom stereocenters. The number of aryl methyl sites for hydroxylation is 2. The summed E-state index contributed by atoms with van der Waals surface area (Å²) in [4.78, 5) is 11.0. The number of nitrogens with one attached hydrogen (secondary N) is 1. The van der Waals surface area contributed by atoms with Gasteiger partial charge >= 0.3 is 5.97 Å². The van der Waals surface area contributed by atoms with Crippen LogP contribution in [0.3, 0.4) is 0 Å². The fraction of sp³-hybridized carbons (Fsp3) is 0.636. The van der Waals surface area contributed by atoms with Crippen molar-refractivity contribution in [3.63, 3.8) is 0 Å². The highest BCUT2D eigenvalue weighted by molar-refractivity contribution is 7.98. The fourth-order valence-electron chi connectivity index (χ4n) is 1.62. The molecule has 0 spiro atoms. The van der Waals surface area contributed by atoms with Gasteiger partial charge in [-0.1, -0.05) is 0 Å². The molecule has 0 saturated heterocycles. The second-order valence-corrected chi connectivity index (χ2v) is 4.77. The van der Waals surface area contributed by atoms with Gasteiger partial charge in [-0.3, -0.25) is 9.48 Å². The summed E-state index contributed by atoms with van der Waals surface area (Å²) >= 11 is 1.71. The van der Waals surface area contributed by atoms with E-state index >= 15 is 0 Å². The third-order valence-electron chi connectivity index (χ3n) is 2.51. The predicted molar refractivity (Wildman–Crippen MR) is 70.3 cm³/mol. The predicted octanol–water partition coefficient (Wildman–Crippen LogP) is 1.57. The van der Waals surface area contributed by atoms with Crippen LogP contribution in [0.2, 0.25) is 0 Å². The molecule has 0 amide bonds. The summed E-state index contributed by atoms with van der Waals surface area (Å²) in [6, 6.07) is 0. The Labute approximate surface area is 106 Å². The lowest BCUT2D eigenvalue weighted by atomic mass is 10.3. The molecule has 1 aromatic rings. The maximum Gasteiger partial charge on any atom is 0.306 e. The van der Waals surface area contributed by atoms with E-state index in [2.05, 4.69) is 15.2 Å². The molecule has 96 valence electrons. The van der Waals surface area contributed by atoms with Crippen LogP contribution in [0.15, 0.2) is 0 Å². The zero-order chi connectivity index (χ0) is 12.8. The minimum atomic E-state index is -0.158. The second-order valence-electron chi connectivity index (χ2n) is 3.66. The molecule has 1 rings (SSSR count). The van der Waals surface area contributed by atoms with Crippen molar-refractivity contribution >= 4 is 23.5 Å². The lowest BCUT2D eigenvalue weighted by molar-refractivity contribution is -0.140. The van der Waals surface area contributed by atoms with E-state index in [1.807, 2.05) is 25.7 Å². The maximum atomic E-state index is 11.0. The molecule has 5 nitrogen and oxygen atoms in total. The number of carbonyl (C=O) groups is 1. The Kier molecular flexibility index (Phi) is 5.34. The average molecular weight is 257 g/mol. The number of esters is 1. The van der Waals surface area contributed by atoms with Gasteiger partial charge in [-0.2, -0.15) is 16.9 Å². The summed E-state index contributed by atoms with van der Waals surface area (Å²) in [7, 11) is 5.22. The smallest absolute Gasteiger partial charge is 0.306 e. The van der Waals surface area contributed by atoms with E-state index in [1.165, 1.54) is 12.7 Å². The highest BCUT2D eigenvalue weighted by atomic mass is 32.2. The van der Waals surface area contributed by atoms with Crippen molar-refractivity contribution in [2.24, 2.45) is 7.05 Å². The molecule has 1 N–H and O–H groups in total. The Bertz CT molecular complexity index is 390. The molecule has 0 aliphatic rings. The third kappa shape index (κ3) is 3.66. The van der Waals surface area contributed by atoms with Crippen molar-refractivity contribution in [3.05, 3.63) is 11.3 Å². The zero-order valence-corrected chi connectivity index (χ0v) is 11.6. The molecular weight excluding hydrogens is 238 g/mol. The van der Waals surface area contributed by atoms with Gasteiger partial charge in [-0.25, -0.2) is 0 Å². The van der Waals surface area contributed by atoms with E-state index in [1.54, 1.807) is 11.8 Å². The normalized spacial score (nSPS) is 10.4. The first-order chi connectivity index (χ1) is 8.10. The van der Waals surface area contributed by atoms with Crippen LogP contribution in [0.4, 0.5) is 5.82 Å². The van der Waals surface area contributed by atoms with Crippen LogP contribution in [0, 0.1) is 6.92 Å². The monoisotopic (exact) mass is 257 g/mol. The molecule has 1 aromatic heterocycles. The number of aromatic nitrogens is 2. The summed E-state index contributed by atoms with van der Waals surface area (Å²) in [6.45, 7) is 2.00. The van der Waals surface area contributed by atoms with E-state index in [-0.39, 0.29) is 5.97 Å². The lowest BCUT2D eigenvalue weighted by Crippen LogP contribution is -2.02. The first-order valence-corrected chi connectivity index (χ1v) is 6.60. The quantitative estimate of drug-likeness (QED) is 0.619. The fourth-order valence-corrected chi connectivity index (χ4v) is 2.62. The highest BCUT2D eigenvalue weighted by Gasteiger charge is 2.11. The van der Waals surface area contributed by atoms with E-state index in [0.717, 1.165) is 23.0 Å². The lowest BCUT2D eigenvalue weighted by Gasteiger charge is -2.05. The number of thioether (sulfide) groups is 1. The van der Waals surface area contributed by atoms with Crippen LogP contribution in [-0.4, -0.2) is 35.7 Å². The number of rotatable bonds is 6. The molecule has 0 radical (unpaired) electrons. The van der Waals surface area contributed by atoms with Gasteiger partial charge in [-0.15, -0.1) is 0 Å². The van der Waals surface area contributed by atoms with Crippen molar-refractivity contribution in [1.29, 1.82) is 0 Å². The van der Waals surface area contributed by atoms with Crippen LogP contribution in [0.5, 0.6) is 0 Å². The SMILES string of the molecule is CNc1c(CSCCC(=O)OC)c(C)nn1C. The Balaban J connectivity index is 2.49. The zero-order valence-electron chi connectivity index (χ0n) is 10.7. The van der Waals surface area contributed by atoms with E-state index in [9.17, 15) is 4.79 Å². The van der Waals surface area contributed by atoms with Crippen molar-refractivity contribution in [2.75, 3.05) is 25.2 Å². The number of methoxy groups -OCH3 is 1. The number of anilines is 1. The van der Waals surface area contributed by atoms with Crippen LogP contribution in [0.1, 0.15) is 17.7 Å². The summed E-state index contributed by atoms with van der Waals surface area (Å²) in [6.07, 6.45) is 0.454. The third-order valence-corrected chi connectivity index (χ3v) is 3.49. The Morgan fingerprint density at radius 1 is 1.59 bits per heavy atom. The second kappa shape index (κ2) is 6.54. The van der Waals surface area contributed by atoms with Crippen LogP contribution in [0.25, 0.3) is 0 Å². The van der Waals surface area contributed by atoms with Crippen molar-refractivity contribution in [2.45, 2.75) is 19.1 Å². The van der Waals surface area contributed by atoms with Gasteiger partial charge in [0.2, 0.25) is 0 Å². The largest absolute Gasteiger partial charge is 0.469 e. The minimum Gasteiger partial charge on any atom is -0.469 e. The van der Waals surface area contributed by atoms with E-state index in [0.29, 0.717) is 6.42 Å². The number of carbonyl (C=O) groups excluding carboxylic acids is 1. The van der Waals surface area contributed by atoms with Crippen molar-refractivity contribution in [1.82, 2.24) is 9.78 Å². The molecule has 0 fully saturated rings. The molecule has 0 bridgehead atoms. The van der Waals surface area contributed by atoms with Crippen LogP contribution < -0.4 is 5.32 Å². The minimum absolute atomic E-state index is 0.158. The Morgan fingerprint density at radius 3 is 2.88 bits per heavy atom. The molecule has 0 atom stereocenters. The van der Waals surface area contributed by atoms with Gasteiger partial charge in [0.25, 0.3) is 0 Å². The molecule has 0 aliphatic heterocycles. The number of nitrogens with zero attached hydrogens (tertiary/aromatic N) is 2. The van der Waals surface area contributed by atoms with Gasteiger partial charge < -0.3 is 10.1 Å². The Morgan fingerprint density at radius 2 is 2.29 bits per heavy atom. The number of hydrogen-bond donors (Lipinski definition) is 1. The van der Waals surface area contributed by atoms with Gasteiger partial charge in [0.15, 0.2) is 0 Å². The molecular formula is C11H19N3O2S.